The van der Waals surface area contributed by atoms with E-state index in [4.69, 9.17) is 10.2 Å². The van der Waals surface area contributed by atoms with Gasteiger partial charge in [0.15, 0.2) is 0 Å². The lowest BCUT2D eigenvalue weighted by Crippen LogP contribution is -2.01. The van der Waals surface area contributed by atoms with Crippen LogP contribution in [-0.4, -0.2) is 42.3 Å². The highest BCUT2D eigenvalue weighted by molar-refractivity contribution is 5.93. The highest BCUT2D eigenvalue weighted by Crippen LogP contribution is 2.35. The lowest BCUT2D eigenvalue weighted by molar-refractivity contribution is -0.136. The summed E-state index contributed by atoms with van der Waals surface area (Å²) in [5.41, 5.74) is 1.15. The summed E-state index contributed by atoms with van der Waals surface area (Å²) in [6, 6.07) is 6.71. The van der Waals surface area contributed by atoms with E-state index in [0.717, 1.165) is 6.07 Å². The maximum atomic E-state index is 11.0. The Kier molecular flexibility index (Phi) is 3.57. The number of rotatable bonds is 4. The highest BCUT2D eigenvalue weighted by atomic mass is 16.4. The van der Waals surface area contributed by atoms with Crippen molar-refractivity contribution in [2.75, 3.05) is 0 Å². The number of benzene rings is 2. The zero-order valence-corrected chi connectivity index (χ0v) is 12.1. The summed E-state index contributed by atoms with van der Waals surface area (Å²) >= 11 is 0. The summed E-state index contributed by atoms with van der Waals surface area (Å²) < 4.78 is 0. The largest absolute Gasteiger partial charge is 0.508 e. The van der Waals surface area contributed by atoms with Gasteiger partial charge >= 0.3 is 11.9 Å². The van der Waals surface area contributed by atoms with Gasteiger partial charge in [0, 0.05) is 5.56 Å². The maximum Gasteiger partial charge on any atom is 0.335 e. The van der Waals surface area contributed by atoms with Crippen LogP contribution < -0.4 is 0 Å². The Bertz CT molecular complexity index is 976. The molecular formula is C16H12N2O6. The number of aromatic hydroxyl groups is 2. The van der Waals surface area contributed by atoms with Crippen LogP contribution in [-0.2, 0) is 11.2 Å². The van der Waals surface area contributed by atoms with Crippen molar-refractivity contribution in [2.24, 2.45) is 0 Å². The zero-order valence-electron chi connectivity index (χ0n) is 12.1. The van der Waals surface area contributed by atoms with E-state index in [0.29, 0.717) is 11.0 Å². The second-order valence-electron chi connectivity index (χ2n) is 5.19. The van der Waals surface area contributed by atoms with Crippen molar-refractivity contribution in [1.82, 2.24) is 9.97 Å². The Hall–Kier alpha value is -3.55. The SMILES string of the molecule is O=C(O)Cc1cc(O)cc(-c2nc3ccc(C(=O)O)cc3[nH]2)c1O. The van der Waals surface area contributed by atoms with Crippen LogP contribution in [0.4, 0.5) is 0 Å². The van der Waals surface area contributed by atoms with E-state index >= 15 is 0 Å². The van der Waals surface area contributed by atoms with Crippen molar-refractivity contribution >= 4 is 23.0 Å². The minimum atomic E-state index is -1.16. The van der Waals surface area contributed by atoms with E-state index in [9.17, 15) is 19.8 Å². The van der Waals surface area contributed by atoms with E-state index in [2.05, 4.69) is 9.97 Å². The third-order valence-corrected chi connectivity index (χ3v) is 3.50. The monoisotopic (exact) mass is 328 g/mol. The number of aromatic carboxylic acids is 1. The van der Waals surface area contributed by atoms with E-state index in [1.165, 1.54) is 24.3 Å². The van der Waals surface area contributed by atoms with Crippen molar-refractivity contribution in [3.63, 3.8) is 0 Å². The van der Waals surface area contributed by atoms with Crippen molar-refractivity contribution in [3.05, 3.63) is 41.5 Å². The summed E-state index contributed by atoms with van der Waals surface area (Å²) in [5.74, 6) is -2.58. The van der Waals surface area contributed by atoms with Crippen molar-refractivity contribution in [1.29, 1.82) is 0 Å². The fourth-order valence-electron chi connectivity index (χ4n) is 2.43. The molecule has 24 heavy (non-hydrogen) atoms. The van der Waals surface area contributed by atoms with Crippen molar-refractivity contribution in [2.45, 2.75) is 6.42 Å². The molecule has 8 heteroatoms. The lowest BCUT2D eigenvalue weighted by atomic mass is 10.0. The zero-order chi connectivity index (χ0) is 17.4. The number of imidazole rings is 1. The van der Waals surface area contributed by atoms with Crippen LogP contribution in [0.5, 0.6) is 11.5 Å². The van der Waals surface area contributed by atoms with Crippen molar-refractivity contribution < 1.29 is 30.0 Å². The average Bonchev–Trinajstić information content (AvgIpc) is 2.92. The number of carboxylic acids is 2. The minimum absolute atomic E-state index is 0.0455. The van der Waals surface area contributed by atoms with Gasteiger partial charge in [-0.1, -0.05) is 0 Å². The molecule has 8 nitrogen and oxygen atoms in total. The summed E-state index contributed by atoms with van der Waals surface area (Å²) in [6.07, 6.45) is -0.462. The molecule has 5 N–H and O–H groups in total. The van der Waals surface area contributed by atoms with E-state index in [-0.39, 0.29) is 34.0 Å². The number of phenols is 2. The van der Waals surface area contributed by atoms with Crippen molar-refractivity contribution in [3.8, 4) is 22.9 Å². The number of aliphatic carboxylic acids is 1. The fraction of sp³-hybridized carbons (Fsp3) is 0.0625. The molecule has 0 saturated heterocycles. The molecule has 3 rings (SSSR count). The van der Waals surface area contributed by atoms with Gasteiger partial charge in [0.1, 0.15) is 17.3 Å². The van der Waals surface area contributed by atoms with Gasteiger partial charge in [0.05, 0.1) is 28.6 Å². The number of hydrogen-bond donors (Lipinski definition) is 5. The Morgan fingerprint density at radius 2 is 1.83 bits per heavy atom. The third kappa shape index (κ3) is 2.72. The topological polar surface area (TPSA) is 144 Å². The number of H-pyrrole nitrogens is 1. The fourth-order valence-corrected chi connectivity index (χ4v) is 2.43. The van der Waals surface area contributed by atoms with E-state index in [1.807, 2.05) is 0 Å². The number of hydrogen-bond acceptors (Lipinski definition) is 5. The summed E-state index contributed by atoms with van der Waals surface area (Å²) in [7, 11) is 0. The van der Waals surface area contributed by atoms with Gasteiger partial charge in [0.2, 0.25) is 0 Å². The predicted octanol–water partition coefficient (Wildman–Crippen LogP) is 1.97. The summed E-state index contributed by atoms with van der Waals surface area (Å²) in [5, 5.41) is 37.9. The third-order valence-electron chi connectivity index (χ3n) is 3.50. The van der Waals surface area contributed by atoms with E-state index < -0.39 is 18.4 Å². The average molecular weight is 328 g/mol. The summed E-state index contributed by atoms with van der Waals surface area (Å²) in [4.78, 5) is 29.0. The molecule has 0 amide bonds. The molecule has 122 valence electrons. The number of aromatic nitrogens is 2. The standard InChI is InChI=1S/C16H12N2O6/c19-9-3-8(5-13(20)21)14(22)10(6-9)15-17-11-2-1-7(16(23)24)4-12(11)18-15/h1-4,6,19,22H,5H2,(H,17,18)(H,20,21)(H,23,24). The Morgan fingerprint density at radius 3 is 2.50 bits per heavy atom. The molecule has 3 aromatic rings. The second-order valence-corrected chi connectivity index (χ2v) is 5.19. The molecule has 0 spiro atoms. The van der Waals surface area contributed by atoms with Gasteiger partial charge < -0.3 is 25.4 Å². The molecule has 0 radical (unpaired) electrons. The van der Waals surface area contributed by atoms with Crippen LogP contribution in [0.15, 0.2) is 30.3 Å². The number of nitrogens with one attached hydrogen (secondary N) is 1. The maximum absolute atomic E-state index is 11.0. The first kappa shape index (κ1) is 15.3. The van der Waals surface area contributed by atoms with Gasteiger partial charge in [-0.25, -0.2) is 9.78 Å². The Morgan fingerprint density at radius 1 is 1.08 bits per heavy atom. The molecule has 0 atom stereocenters. The van der Waals surface area contributed by atoms with Crippen LogP contribution in [0.25, 0.3) is 22.4 Å². The molecule has 0 fully saturated rings. The predicted molar refractivity (Wildman–Crippen MR) is 83.2 cm³/mol. The first-order valence-corrected chi connectivity index (χ1v) is 6.85. The molecule has 1 heterocycles. The van der Waals surface area contributed by atoms with Crippen LogP contribution >= 0.6 is 0 Å². The minimum Gasteiger partial charge on any atom is -0.508 e. The number of nitrogens with zero attached hydrogens (tertiary/aromatic N) is 1. The van der Waals surface area contributed by atoms with Gasteiger partial charge in [0.25, 0.3) is 0 Å². The number of carboxylic acid groups (broad SMARTS) is 2. The first-order chi connectivity index (χ1) is 11.3. The molecular weight excluding hydrogens is 316 g/mol. The Labute approximate surface area is 134 Å². The van der Waals surface area contributed by atoms with Crippen LogP contribution in [0, 0.1) is 0 Å². The molecule has 0 unspecified atom stereocenters. The molecule has 2 aromatic carbocycles. The van der Waals surface area contributed by atoms with Crippen LogP contribution in [0.2, 0.25) is 0 Å². The number of carbonyl (C=O) groups is 2. The van der Waals surface area contributed by atoms with Crippen LogP contribution in [0.3, 0.4) is 0 Å². The highest BCUT2D eigenvalue weighted by Gasteiger charge is 2.17. The first-order valence-electron chi connectivity index (χ1n) is 6.85. The molecule has 1 aromatic heterocycles. The van der Waals surface area contributed by atoms with Gasteiger partial charge in [-0.05, 0) is 30.3 Å². The number of fused-ring (bicyclic) bond motifs is 1. The second kappa shape index (κ2) is 5.58. The Balaban J connectivity index is 2.14. The van der Waals surface area contributed by atoms with Gasteiger partial charge in [-0.15, -0.1) is 0 Å². The quantitative estimate of drug-likeness (QED) is 0.460. The lowest BCUT2D eigenvalue weighted by Gasteiger charge is -2.07. The number of aromatic amines is 1. The molecule has 0 aliphatic heterocycles. The van der Waals surface area contributed by atoms with Gasteiger partial charge in [-0.2, -0.15) is 0 Å². The normalized spacial score (nSPS) is 10.8. The molecule has 0 bridgehead atoms. The van der Waals surface area contributed by atoms with Crippen LogP contribution in [0.1, 0.15) is 15.9 Å². The van der Waals surface area contributed by atoms with E-state index in [1.54, 1.807) is 0 Å². The molecule has 0 aliphatic rings. The van der Waals surface area contributed by atoms with Gasteiger partial charge in [-0.3, -0.25) is 4.79 Å². The molecule has 0 aliphatic carbocycles. The number of phenolic OH excluding ortho intramolecular Hbond substituents is 2. The molecule has 0 saturated carbocycles. The smallest absolute Gasteiger partial charge is 0.335 e. The summed E-state index contributed by atoms with van der Waals surface area (Å²) in [6.45, 7) is 0.